The molecule has 2 N–H and O–H groups in total. The van der Waals surface area contributed by atoms with Crippen LogP contribution in [0.5, 0.6) is 17.2 Å². The number of ether oxygens (including phenoxy) is 2. The van der Waals surface area contributed by atoms with E-state index in [1.165, 1.54) is 13.8 Å². The lowest BCUT2D eigenvalue weighted by Gasteiger charge is -2.36. The van der Waals surface area contributed by atoms with Gasteiger partial charge < -0.3 is 19.7 Å². The topological polar surface area (TPSA) is 76.0 Å². The number of hydrogen-bond donors (Lipinski definition) is 2. The van der Waals surface area contributed by atoms with E-state index >= 15 is 0 Å². The van der Waals surface area contributed by atoms with Gasteiger partial charge >= 0.3 is 5.97 Å². The first-order chi connectivity index (χ1) is 14.4. The molecule has 1 heterocycles. The van der Waals surface area contributed by atoms with Crippen LogP contribution >= 0.6 is 0 Å². The van der Waals surface area contributed by atoms with E-state index in [2.05, 4.69) is 19.1 Å². The van der Waals surface area contributed by atoms with Crippen LogP contribution in [0.4, 0.5) is 0 Å². The van der Waals surface area contributed by atoms with Crippen molar-refractivity contribution in [1.82, 2.24) is 0 Å². The number of phenols is 1. The molecule has 0 fully saturated rings. The van der Waals surface area contributed by atoms with E-state index in [4.69, 9.17) is 9.47 Å². The summed E-state index contributed by atoms with van der Waals surface area (Å²) < 4.78 is 12.0. The summed E-state index contributed by atoms with van der Waals surface area (Å²) in [6.07, 6.45) is 6.67. The Bertz CT molecular complexity index is 1020. The van der Waals surface area contributed by atoms with Crippen molar-refractivity contribution < 1.29 is 24.5 Å². The number of carboxylic acids is 1. The van der Waals surface area contributed by atoms with Crippen LogP contribution in [0.2, 0.25) is 0 Å². The number of rotatable bonds is 6. The van der Waals surface area contributed by atoms with Gasteiger partial charge in [-0.05, 0) is 101 Å². The summed E-state index contributed by atoms with van der Waals surface area (Å²) in [5, 5.41) is 19.5. The van der Waals surface area contributed by atoms with E-state index in [1.807, 2.05) is 32.9 Å². The Labute approximate surface area is 184 Å². The maximum atomic E-state index is 11.2. The number of hydrogen-bond acceptors (Lipinski definition) is 4. The van der Waals surface area contributed by atoms with Gasteiger partial charge in [0.05, 0.1) is 0 Å². The van der Waals surface area contributed by atoms with Gasteiger partial charge in [0.15, 0.2) is 5.60 Å². The number of aromatic hydroxyl groups is 1. The van der Waals surface area contributed by atoms with Crippen LogP contribution in [0, 0.1) is 20.8 Å². The van der Waals surface area contributed by atoms with Crippen LogP contribution in [-0.2, 0) is 17.6 Å². The monoisotopic (exact) mass is 424 g/mol. The standard InChI is InChI=1S/C26H32O5/c1-16-17(2)23-21(18(3)22(16)27)13-15-26(6,31-23)14-7-8-19-9-11-20(12-10-19)30-25(4,5)24(28)29/h7,9-12,14,27H,8,13,15H2,1-6H3,(H,28,29). The molecule has 0 saturated carbocycles. The fraction of sp³-hybridized carbons (Fsp3) is 0.423. The van der Waals surface area contributed by atoms with Gasteiger partial charge in [0.25, 0.3) is 0 Å². The van der Waals surface area contributed by atoms with Crippen molar-refractivity contribution in [3.8, 4) is 17.2 Å². The van der Waals surface area contributed by atoms with Gasteiger partial charge in [0, 0.05) is 5.56 Å². The van der Waals surface area contributed by atoms with Gasteiger partial charge in [0.2, 0.25) is 0 Å². The summed E-state index contributed by atoms with van der Waals surface area (Å²) in [5.41, 5.74) is 3.32. The summed E-state index contributed by atoms with van der Waals surface area (Å²) >= 11 is 0. The van der Waals surface area contributed by atoms with Crippen molar-refractivity contribution in [2.45, 2.75) is 72.0 Å². The predicted octanol–water partition coefficient (Wildman–Crippen LogP) is 5.44. The van der Waals surface area contributed by atoms with Crippen LogP contribution in [0.1, 0.15) is 55.0 Å². The van der Waals surface area contributed by atoms with E-state index in [-0.39, 0.29) is 0 Å². The van der Waals surface area contributed by atoms with Crippen LogP contribution in [0.3, 0.4) is 0 Å². The highest BCUT2D eigenvalue weighted by atomic mass is 16.5. The Balaban J connectivity index is 1.69. The molecule has 1 aliphatic rings. The molecule has 1 atom stereocenters. The average Bonchev–Trinajstić information content (AvgIpc) is 2.71. The highest BCUT2D eigenvalue weighted by Gasteiger charge is 2.32. The molecule has 0 bridgehead atoms. The fourth-order valence-electron chi connectivity index (χ4n) is 3.86. The van der Waals surface area contributed by atoms with Gasteiger partial charge in [-0.15, -0.1) is 0 Å². The molecule has 166 valence electrons. The van der Waals surface area contributed by atoms with Crippen molar-refractivity contribution in [2.24, 2.45) is 0 Å². The Morgan fingerprint density at radius 2 is 1.81 bits per heavy atom. The minimum Gasteiger partial charge on any atom is -0.507 e. The van der Waals surface area contributed by atoms with Crippen molar-refractivity contribution in [3.63, 3.8) is 0 Å². The minimum atomic E-state index is -1.27. The molecular weight excluding hydrogens is 392 g/mol. The summed E-state index contributed by atoms with van der Waals surface area (Å²) in [5.74, 6) is 0.799. The van der Waals surface area contributed by atoms with Crippen molar-refractivity contribution in [1.29, 1.82) is 0 Å². The van der Waals surface area contributed by atoms with Crippen LogP contribution < -0.4 is 9.47 Å². The second-order valence-corrected chi connectivity index (χ2v) is 9.11. The van der Waals surface area contributed by atoms with E-state index in [1.54, 1.807) is 12.1 Å². The second kappa shape index (κ2) is 8.29. The third-order valence-electron chi connectivity index (χ3n) is 6.18. The zero-order valence-electron chi connectivity index (χ0n) is 19.2. The highest BCUT2D eigenvalue weighted by Crippen LogP contribution is 2.43. The molecule has 1 aliphatic heterocycles. The molecule has 5 heteroatoms. The molecule has 0 aromatic heterocycles. The van der Waals surface area contributed by atoms with Gasteiger partial charge in [-0.1, -0.05) is 18.2 Å². The van der Waals surface area contributed by atoms with E-state index in [9.17, 15) is 15.0 Å². The summed E-state index contributed by atoms with van der Waals surface area (Å²) in [6, 6.07) is 7.47. The Hall–Kier alpha value is -2.95. The molecule has 2 aromatic carbocycles. The zero-order valence-corrected chi connectivity index (χ0v) is 19.2. The zero-order chi connectivity index (χ0) is 23.0. The molecule has 0 aliphatic carbocycles. The Morgan fingerprint density at radius 3 is 2.42 bits per heavy atom. The lowest BCUT2D eigenvalue weighted by atomic mass is 9.87. The van der Waals surface area contributed by atoms with E-state index < -0.39 is 17.2 Å². The number of carbonyl (C=O) groups is 1. The fourth-order valence-corrected chi connectivity index (χ4v) is 3.86. The largest absolute Gasteiger partial charge is 0.507 e. The van der Waals surface area contributed by atoms with Gasteiger partial charge in [0.1, 0.15) is 22.8 Å². The van der Waals surface area contributed by atoms with Gasteiger partial charge in [-0.2, -0.15) is 0 Å². The third-order valence-corrected chi connectivity index (χ3v) is 6.18. The van der Waals surface area contributed by atoms with Crippen molar-refractivity contribution in [3.05, 3.63) is 64.2 Å². The first-order valence-electron chi connectivity index (χ1n) is 10.6. The van der Waals surface area contributed by atoms with Gasteiger partial charge in [-0.3, -0.25) is 0 Å². The first kappa shape index (κ1) is 22.7. The minimum absolute atomic E-state index is 0.373. The molecule has 0 radical (unpaired) electrons. The smallest absolute Gasteiger partial charge is 0.347 e. The number of fused-ring (bicyclic) bond motifs is 1. The number of allylic oxidation sites excluding steroid dienone is 1. The number of phenolic OH excluding ortho intramolecular Hbond substituents is 1. The maximum absolute atomic E-state index is 11.2. The normalized spacial score (nSPS) is 18.5. The molecule has 0 spiro atoms. The summed E-state index contributed by atoms with van der Waals surface area (Å²) in [6.45, 7) is 11.0. The first-order valence-corrected chi connectivity index (χ1v) is 10.6. The lowest BCUT2D eigenvalue weighted by Crippen LogP contribution is -2.37. The summed E-state index contributed by atoms with van der Waals surface area (Å²) in [7, 11) is 0. The molecule has 2 aromatic rings. The Kier molecular flexibility index (Phi) is 6.08. The molecule has 0 saturated heterocycles. The maximum Gasteiger partial charge on any atom is 0.347 e. The Morgan fingerprint density at radius 1 is 1.16 bits per heavy atom. The number of aliphatic carboxylic acids is 1. The van der Waals surface area contributed by atoms with E-state index in [0.29, 0.717) is 11.5 Å². The van der Waals surface area contributed by atoms with Crippen LogP contribution in [0.15, 0.2) is 36.4 Å². The third kappa shape index (κ3) is 4.71. The summed E-state index contributed by atoms with van der Waals surface area (Å²) in [4.78, 5) is 11.2. The highest BCUT2D eigenvalue weighted by molar-refractivity contribution is 5.76. The van der Waals surface area contributed by atoms with Crippen LogP contribution in [-0.4, -0.2) is 27.4 Å². The molecule has 31 heavy (non-hydrogen) atoms. The number of benzene rings is 2. The average molecular weight is 425 g/mol. The van der Waals surface area contributed by atoms with Crippen molar-refractivity contribution >= 4 is 5.97 Å². The van der Waals surface area contributed by atoms with Crippen LogP contribution in [0.25, 0.3) is 0 Å². The quantitative estimate of drug-likeness (QED) is 0.604. The molecule has 3 rings (SSSR count). The number of carboxylic acid groups (broad SMARTS) is 1. The van der Waals surface area contributed by atoms with Crippen molar-refractivity contribution in [2.75, 3.05) is 0 Å². The predicted molar refractivity (Wildman–Crippen MR) is 121 cm³/mol. The SMILES string of the molecule is Cc1c(C)c2c(c(C)c1O)CCC(C)(C=CCc1ccc(OC(C)(C)C(=O)O)cc1)O2. The lowest BCUT2D eigenvalue weighted by molar-refractivity contribution is -0.152. The molecule has 5 nitrogen and oxygen atoms in total. The molecule has 1 unspecified atom stereocenters. The molecular formula is C26H32O5. The van der Waals surface area contributed by atoms with Gasteiger partial charge in [-0.25, -0.2) is 4.79 Å². The van der Waals surface area contributed by atoms with E-state index in [0.717, 1.165) is 52.8 Å². The molecule has 0 amide bonds. The second-order valence-electron chi connectivity index (χ2n) is 9.11.